The molecule has 2 aromatic heterocycles. The van der Waals surface area contributed by atoms with Crippen molar-refractivity contribution in [1.82, 2.24) is 9.97 Å². The Hall–Kier alpha value is -3.84. The van der Waals surface area contributed by atoms with Crippen molar-refractivity contribution in [2.24, 2.45) is 0 Å². The molecule has 0 radical (unpaired) electrons. The normalized spacial score (nSPS) is 13.0. The molecule has 2 heterocycles. The van der Waals surface area contributed by atoms with Crippen LogP contribution in [-0.2, 0) is 0 Å². The average Bonchev–Trinajstić information content (AvgIpc) is 3.07. The molecule has 0 bridgehead atoms. The molecule has 0 aliphatic heterocycles. The first-order valence-corrected chi connectivity index (χ1v) is 20.7. The van der Waals surface area contributed by atoms with Crippen LogP contribution in [0.2, 0.25) is 0 Å². The third kappa shape index (κ3) is 5.90. The van der Waals surface area contributed by atoms with E-state index in [1.54, 1.807) is 0 Å². The van der Waals surface area contributed by atoms with Gasteiger partial charge in [0.25, 0.3) is 0 Å². The molecule has 0 amide bonds. The Bertz CT molecular complexity index is 2020. The van der Waals surface area contributed by atoms with E-state index in [-0.39, 0.29) is 0 Å². The number of pyridine rings is 2. The number of nitrogens with one attached hydrogen (secondary N) is 1. The summed E-state index contributed by atoms with van der Waals surface area (Å²) in [5, 5.41) is 10.5. The fourth-order valence-electron chi connectivity index (χ4n) is 6.53. The second-order valence-corrected chi connectivity index (χ2v) is 20.6. The van der Waals surface area contributed by atoms with Crippen molar-refractivity contribution in [3.05, 3.63) is 115 Å². The van der Waals surface area contributed by atoms with Crippen molar-refractivity contribution in [3.63, 3.8) is 0 Å². The van der Waals surface area contributed by atoms with Crippen LogP contribution in [0.4, 0.5) is 22.7 Å². The van der Waals surface area contributed by atoms with Gasteiger partial charge in [-0.3, -0.25) is 0 Å². The van der Waals surface area contributed by atoms with E-state index in [0.717, 1.165) is 16.7 Å². The van der Waals surface area contributed by atoms with Crippen molar-refractivity contribution in [2.75, 3.05) is 30.6 Å². The first kappa shape index (κ1) is 32.1. The summed E-state index contributed by atoms with van der Waals surface area (Å²) in [5.74, 6) is 0. The third-order valence-corrected chi connectivity index (χ3v) is 18.0. The predicted molar refractivity (Wildman–Crippen MR) is 209 cm³/mol. The molecule has 4 nitrogen and oxygen atoms in total. The van der Waals surface area contributed by atoms with E-state index in [4.69, 9.17) is 9.97 Å². The molecule has 0 aliphatic rings. The van der Waals surface area contributed by atoms with Crippen molar-refractivity contribution in [1.29, 1.82) is 0 Å². The van der Waals surface area contributed by atoms with Crippen LogP contribution in [-0.4, -0.2) is 41.7 Å². The maximum absolute atomic E-state index is 4.85. The summed E-state index contributed by atoms with van der Waals surface area (Å²) >= 11 is 0. The molecule has 0 spiro atoms. The van der Waals surface area contributed by atoms with Crippen LogP contribution >= 0.6 is 15.2 Å². The Labute approximate surface area is 276 Å². The topological polar surface area (TPSA) is 41.1 Å². The van der Waals surface area contributed by atoms with Gasteiger partial charge in [-0.1, -0.05) is 0 Å². The Morgan fingerprint density at radius 2 is 1.28 bits per heavy atom. The van der Waals surface area contributed by atoms with E-state index >= 15 is 0 Å². The van der Waals surface area contributed by atoms with Crippen LogP contribution in [0.3, 0.4) is 0 Å². The van der Waals surface area contributed by atoms with Gasteiger partial charge in [-0.2, -0.15) is 0 Å². The fourth-order valence-corrected chi connectivity index (χ4v) is 11.9. The number of nitrogens with zero attached hydrogens (tertiary/aromatic N) is 3. The number of benzene rings is 4. The fraction of sp³-hybridized carbons (Fsp3) is 0.250. The predicted octanol–water partition coefficient (Wildman–Crippen LogP) is 9.49. The molecule has 6 heteroatoms. The SMILES string of the molecule is Cc1ccccc1Nc1ccccc1[PH](C)(c1cc2cccnc2cc1N(C)c1cc2ncccc2cc1P(C)C(C)C)C(C)C. The molecule has 0 fully saturated rings. The van der Waals surface area contributed by atoms with Crippen LogP contribution in [0, 0.1) is 6.92 Å². The Morgan fingerprint density at radius 1 is 0.696 bits per heavy atom. The van der Waals surface area contributed by atoms with E-state index in [1.165, 1.54) is 49.3 Å². The number of anilines is 4. The molecule has 4 aromatic carbocycles. The van der Waals surface area contributed by atoms with Crippen molar-refractivity contribution < 1.29 is 0 Å². The Kier molecular flexibility index (Phi) is 9.15. The molecule has 1 atom stereocenters. The van der Waals surface area contributed by atoms with E-state index < -0.39 is 15.2 Å². The van der Waals surface area contributed by atoms with Crippen molar-refractivity contribution >= 4 is 75.7 Å². The maximum atomic E-state index is 4.85. The van der Waals surface area contributed by atoms with Gasteiger partial charge in [0, 0.05) is 0 Å². The van der Waals surface area contributed by atoms with E-state index in [2.05, 4.69) is 156 Å². The van der Waals surface area contributed by atoms with E-state index in [9.17, 15) is 0 Å². The average molecular weight is 645 g/mol. The van der Waals surface area contributed by atoms with Crippen LogP contribution in [0.5, 0.6) is 0 Å². The monoisotopic (exact) mass is 644 g/mol. The Morgan fingerprint density at radius 3 is 1.91 bits per heavy atom. The summed E-state index contributed by atoms with van der Waals surface area (Å²) in [5.41, 5.74) is 9.05. The van der Waals surface area contributed by atoms with Gasteiger partial charge in [-0.15, -0.1) is 0 Å². The number of para-hydroxylation sites is 2. The number of aromatic nitrogens is 2. The third-order valence-electron chi connectivity index (χ3n) is 9.91. The van der Waals surface area contributed by atoms with Crippen molar-refractivity contribution in [2.45, 2.75) is 45.9 Å². The zero-order valence-electron chi connectivity index (χ0n) is 28.3. The van der Waals surface area contributed by atoms with Gasteiger partial charge in [0.1, 0.15) is 0 Å². The number of hydrogen-bond acceptors (Lipinski definition) is 4. The number of aryl methyl sites for hydroxylation is 1. The van der Waals surface area contributed by atoms with Crippen LogP contribution in [0.1, 0.15) is 33.3 Å². The molecular formula is C40H46N4P2. The Balaban J connectivity index is 1.61. The van der Waals surface area contributed by atoms with E-state index in [0.29, 0.717) is 11.3 Å². The first-order valence-electron chi connectivity index (χ1n) is 16.3. The van der Waals surface area contributed by atoms with Crippen molar-refractivity contribution in [3.8, 4) is 0 Å². The summed E-state index contributed by atoms with van der Waals surface area (Å²) in [6, 6.07) is 35.5. The molecule has 0 saturated carbocycles. The summed E-state index contributed by atoms with van der Waals surface area (Å²) in [4.78, 5) is 12.1. The number of hydrogen-bond donors (Lipinski definition) is 1. The van der Waals surface area contributed by atoms with Gasteiger partial charge < -0.3 is 0 Å². The van der Waals surface area contributed by atoms with Gasteiger partial charge >= 0.3 is 277 Å². The summed E-state index contributed by atoms with van der Waals surface area (Å²) < 4.78 is 0. The molecule has 0 aliphatic carbocycles. The van der Waals surface area contributed by atoms with Gasteiger partial charge in [0.05, 0.1) is 0 Å². The van der Waals surface area contributed by atoms with E-state index in [1.807, 2.05) is 18.5 Å². The van der Waals surface area contributed by atoms with Gasteiger partial charge in [0.15, 0.2) is 0 Å². The minimum atomic E-state index is -2.41. The van der Waals surface area contributed by atoms with Gasteiger partial charge in [-0.05, 0) is 0 Å². The molecule has 46 heavy (non-hydrogen) atoms. The van der Waals surface area contributed by atoms with Gasteiger partial charge in [-0.25, -0.2) is 0 Å². The quantitative estimate of drug-likeness (QED) is 0.159. The zero-order chi connectivity index (χ0) is 32.6. The first-order chi connectivity index (χ1) is 22.1. The van der Waals surface area contributed by atoms with Crippen LogP contribution in [0.15, 0.2) is 109 Å². The molecule has 236 valence electrons. The molecule has 1 N–H and O–H groups in total. The summed E-state index contributed by atoms with van der Waals surface area (Å²) in [6.07, 6.45) is 3.80. The van der Waals surface area contributed by atoms with Crippen LogP contribution < -0.4 is 26.1 Å². The molecule has 1 unspecified atom stereocenters. The molecule has 6 rings (SSSR count). The van der Waals surface area contributed by atoms with Crippen LogP contribution in [0.25, 0.3) is 21.8 Å². The number of fused-ring (bicyclic) bond motifs is 2. The summed E-state index contributed by atoms with van der Waals surface area (Å²) in [6.45, 7) is 16.6. The molecular weight excluding hydrogens is 598 g/mol. The second-order valence-electron chi connectivity index (χ2n) is 13.2. The molecule has 6 aromatic rings. The summed E-state index contributed by atoms with van der Waals surface area (Å²) in [7, 11) is -0.568. The minimum absolute atomic E-state index is 0.401. The second kappa shape index (κ2) is 13.1. The van der Waals surface area contributed by atoms with Gasteiger partial charge in [0.2, 0.25) is 0 Å². The molecule has 0 saturated heterocycles. The standard InChI is InChI=1S/C40H46N4P2/c1-27(2)45(7)38-23-30-16-13-21-41-34(30)25-36(38)44(6)37-26-35-31(17-14-22-42-35)24-40(37)46(8,28(3)4)39-20-12-11-19-33(39)43-32-18-10-9-15-29(32)5/h9-28,43,46H,1-8H3. The zero-order valence-corrected chi connectivity index (χ0v) is 30.2. The number of rotatable bonds is 9.